The third kappa shape index (κ3) is 3.49. The summed E-state index contributed by atoms with van der Waals surface area (Å²) in [4.78, 5) is 11.2. The van der Waals surface area contributed by atoms with E-state index in [2.05, 4.69) is 14.9 Å². The van der Waals surface area contributed by atoms with E-state index in [1.54, 1.807) is 13.3 Å². The Morgan fingerprint density at radius 2 is 2.00 bits per heavy atom. The summed E-state index contributed by atoms with van der Waals surface area (Å²) in [6.45, 7) is 5.31. The quantitative estimate of drug-likeness (QED) is 0.884. The van der Waals surface area contributed by atoms with Gasteiger partial charge in [-0.1, -0.05) is 12.1 Å². The lowest BCUT2D eigenvalue weighted by molar-refractivity contribution is 0.415. The van der Waals surface area contributed by atoms with Crippen molar-refractivity contribution in [3.63, 3.8) is 0 Å². The van der Waals surface area contributed by atoms with Gasteiger partial charge < -0.3 is 15.4 Å². The number of methoxy groups -OCH3 is 1. The van der Waals surface area contributed by atoms with Crippen molar-refractivity contribution >= 4 is 11.5 Å². The van der Waals surface area contributed by atoms with Crippen LogP contribution in [-0.4, -0.2) is 30.2 Å². The van der Waals surface area contributed by atoms with Crippen LogP contribution in [0.4, 0.5) is 11.5 Å². The Bertz CT molecular complexity index is 601. The van der Waals surface area contributed by atoms with Crippen molar-refractivity contribution in [2.24, 2.45) is 5.73 Å². The fourth-order valence-corrected chi connectivity index (χ4v) is 2.22. The van der Waals surface area contributed by atoms with E-state index in [4.69, 9.17) is 10.5 Å². The Morgan fingerprint density at radius 3 is 2.71 bits per heavy atom. The number of anilines is 2. The summed E-state index contributed by atoms with van der Waals surface area (Å²) in [6.07, 6.45) is 2.65. The maximum absolute atomic E-state index is 5.68. The number of hydrogen-bond donors (Lipinski definition) is 1. The minimum Gasteiger partial charge on any atom is -0.495 e. The molecule has 0 radical (unpaired) electrons. The maximum Gasteiger partial charge on any atom is 0.154 e. The molecule has 2 N–H and O–H groups in total. The molecule has 0 saturated heterocycles. The lowest BCUT2D eigenvalue weighted by Gasteiger charge is -2.26. The SMILES string of the molecule is COc1ccccc1N(CCCN)c1nc(C)cnc1C. The molecule has 21 heavy (non-hydrogen) atoms. The van der Waals surface area contributed by atoms with Gasteiger partial charge in [0.2, 0.25) is 0 Å². The molecule has 0 aliphatic carbocycles. The lowest BCUT2D eigenvalue weighted by Crippen LogP contribution is -2.24. The molecule has 0 aliphatic heterocycles. The first-order chi connectivity index (χ1) is 10.2. The van der Waals surface area contributed by atoms with Gasteiger partial charge in [0.25, 0.3) is 0 Å². The molecular formula is C16H22N4O. The molecule has 0 amide bonds. The van der Waals surface area contributed by atoms with Crippen LogP contribution >= 0.6 is 0 Å². The Labute approximate surface area is 125 Å². The first-order valence-corrected chi connectivity index (χ1v) is 7.08. The van der Waals surface area contributed by atoms with Gasteiger partial charge in [-0.2, -0.15) is 0 Å². The standard InChI is InChI=1S/C16H22N4O/c1-12-11-18-13(2)16(19-12)20(10-6-9-17)14-7-4-5-8-15(14)21-3/h4-5,7-8,11H,6,9-10,17H2,1-3H3. The Balaban J connectivity index is 2.49. The highest BCUT2D eigenvalue weighted by Crippen LogP contribution is 2.33. The molecule has 2 aromatic rings. The predicted octanol–water partition coefficient (Wildman–Crippen LogP) is 2.59. The largest absolute Gasteiger partial charge is 0.495 e. The van der Waals surface area contributed by atoms with Crippen molar-refractivity contribution in [2.45, 2.75) is 20.3 Å². The molecule has 1 heterocycles. The van der Waals surface area contributed by atoms with Crippen LogP contribution in [0.2, 0.25) is 0 Å². The minimum atomic E-state index is 0.629. The average Bonchev–Trinajstić information content (AvgIpc) is 2.51. The van der Waals surface area contributed by atoms with Gasteiger partial charge in [0.05, 0.1) is 24.2 Å². The highest BCUT2D eigenvalue weighted by Gasteiger charge is 2.17. The van der Waals surface area contributed by atoms with Gasteiger partial charge in [0.15, 0.2) is 5.82 Å². The number of aromatic nitrogens is 2. The van der Waals surface area contributed by atoms with Crippen LogP contribution in [0.15, 0.2) is 30.5 Å². The van der Waals surface area contributed by atoms with E-state index in [0.29, 0.717) is 6.54 Å². The molecule has 112 valence electrons. The second-order valence-corrected chi connectivity index (χ2v) is 4.89. The number of nitrogens with zero attached hydrogens (tertiary/aromatic N) is 3. The molecule has 5 heteroatoms. The smallest absolute Gasteiger partial charge is 0.154 e. The van der Waals surface area contributed by atoms with Gasteiger partial charge in [0.1, 0.15) is 5.75 Å². The van der Waals surface area contributed by atoms with Crippen LogP contribution in [-0.2, 0) is 0 Å². The molecule has 1 aromatic heterocycles. The Kier molecular flexibility index (Phi) is 5.11. The fraction of sp³-hybridized carbons (Fsp3) is 0.375. The van der Waals surface area contributed by atoms with Crippen LogP contribution in [0.5, 0.6) is 5.75 Å². The molecule has 0 atom stereocenters. The van der Waals surface area contributed by atoms with E-state index < -0.39 is 0 Å². The molecule has 0 aliphatic rings. The topological polar surface area (TPSA) is 64.3 Å². The van der Waals surface area contributed by atoms with E-state index in [9.17, 15) is 0 Å². The van der Waals surface area contributed by atoms with Crippen molar-refractivity contribution < 1.29 is 4.74 Å². The van der Waals surface area contributed by atoms with Crippen molar-refractivity contribution in [1.82, 2.24) is 9.97 Å². The molecule has 0 fully saturated rings. The summed E-state index contributed by atoms with van der Waals surface area (Å²) < 4.78 is 5.48. The van der Waals surface area contributed by atoms with Crippen LogP contribution in [0.25, 0.3) is 0 Å². The molecule has 2 rings (SSSR count). The number of hydrogen-bond acceptors (Lipinski definition) is 5. The first-order valence-electron chi connectivity index (χ1n) is 7.08. The number of para-hydroxylation sites is 2. The van der Waals surface area contributed by atoms with E-state index >= 15 is 0 Å². The van der Waals surface area contributed by atoms with Crippen LogP contribution in [0.1, 0.15) is 17.8 Å². The van der Waals surface area contributed by atoms with Crippen molar-refractivity contribution in [3.05, 3.63) is 41.9 Å². The van der Waals surface area contributed by atoms with E-state index in [0.717, 1.165) is 41.6 Å². The lowest BCUT2D eigenvalue weighted by atomic mass is 10.2. The molecule has 0 unspecified atom stereocenters. The Morgan fingerprint density at radius 1 is 1.24 bits per heavy atom. The third-order valence-corrected chi connectivity index (χ3v) is 3.27. The van der Waals surface area contributed by atoms with Gasteiger partial charge in [-0.25, -0.2) is 4.98 Å². The minimum absolute atomic E-state index is 0.629. The highest BCUT2D eigenvalue weighted by atomic mass is 16.5. The molecule has 1 aromatic carbocycles. The normalized spacial score (nSPS) is 10.5. The van der Waals surface area contributed by atoms with E-state index in [1.807, 2.05) is 38.1 Å². The fourth-order valence-electron chi connectivity index (χ4n) is 2.22. The molecular weight excluding hydrogens is 264 g/mol. The van der Waals surface area contributed by atoms with E-state index in [-0.39, 0.29) is 0 Å². The molecule has 5 nitrogen and oxygen atoms in total. The number of aryl methyl sites for hydroxylation is 2. The second kappa shape index (κ2) is 7.04. The van der Waals surface area contributed by atoms with Crippen LogP contribution < -0.4 is 15.4 Å². The summed E-state index contributed by atoms with van der Waals surface area (Å²) in [7, 11) is 1.68. The zero-order valence-electron chi connectivity index (χ0n) is 12.8. The zero-order chi connectivity index (χ0) is 15.2. The predicted molar refractivity (Wildman–Crippen MR) is 85.2 cm³/mol. The maximum atomic E-state index is 5.68. The van der Waals surface area contributed by atoms with Crippen molar-refractivity contribution in [1.29, 1.82) is 0 Å². The van der Waals surface area contributed by atoms with Gasteiger partial charge in [-0.15, -0.1) is 0 Å². The van der Waals surface area contributed by atoms with Crippen LogP contribution in [0.3, 0.4) is 0 Å². The number of benzene rings is 1. The highest BCUT2D eigenvalue weighted by molar-refractivity contribution is 5.68. The summed E-state index contributed by atoms with van der Waals surface area (Å²) in [6, 6.07) is 7.92. The third-order valence-electron chi connectivity index (χ3n) is 3.27. The van der Waals surface area contributed by atoms with E-state index in [1.165, 1.54) is 0 Å². The van der Waals surface area contributed by atoms with Crippen molar-refractivity contribution in [2.75, 3.05) is 25.1 Å². The number of rotatable bonds is 6. The van der Waals surface area contributed by atoms with Gasteiger partial charge in [-0.05, 0) is 38.9 Å². The van der Waals surface area contributed by atoms with Crippen LogP contribution in [0, 0.1) is 13.8 Å². The summed E-state index contributed by atoms with van der Waals surface area (Å²) in [5, 5.41) is 0. The zero-order valence-corrected chi connectivity index (χ0v) is 12.8. The summed E-state index contributed by atoms with van der Waals surface area (Å²) in [5.41, 5.74) is 8.44. The number of ether oxygens (including phenoxy) is 1. The van der Waals surface area contributed by atoms with Gasteiger partial charge in [0, 0.05) is 12.7 Å². The average molecular weight is 286 g/mol. The molecule has 0 saturated carbocycles. The monoisotopic (exact) mass is 286 g/mol. The second-order valence-electron chi connectivity index (χ2n) is 4.89. The Hall–Kier alpha value is -2.14. The summed E-state index contributed by atoms with van der Waals surface area (Å²) >= 11 is 0. The van der Waals surface area contributed by atoms with Crippen molar-refractivity contribution in [3.8, 4) is 5.75 Å². The van der Waals surface area contributed by atoms with Gasteiger partial charge >= 0.3 is 0 Å². The van der Waals surface area contributed by atoms with Gasteiger partial charge in [-0.3, -0.25) is 4.98 Å². The summed E-state index contributed by atoms with van der Waals surface area (Å²) in [5.74, 6) is 1.67. The number of nitrogens with two attached hydrogens (primary N) is 1. The molecule has 0 spiro atoms. The first kappa shape index (κ1) is 15.3. The molecule has 0 bridgehead atoms.